The lowest BCUT2D eigenvalue weighted by molar-refractivity contribution is 0.102. The van der Waals surface area contributed by atoms with Gasteiger partial charge >= 0.3 is 0 Å². The van der Waals surface area contributed by atoms with Gasteiger partial charge in [-0.05, 0) is 31.5 Å². The summed E-state index contributed by atoms with van der Waals surface area (Å²) in [6.45, 7) is 4.43. The van der Waals surface area contributed by atoms with Crippen LogP contribution >= 0.6 is 0 Å². The Hall–Kier alpha value is -2.57. The fourth-order valence-corrected chi connectivity index (χ4v) is 1.77. The summed E-state index contributed by atoms with van der Waals surface area (Å²) in [6, 6.07) is 4.66. The maximum atomic E-state index is 13.1. The summed E-state index contributed by atoms with van der Waals surface area (Å²) in [7, 11) is 0. The molecule has 7 heteroatoms. The summed E-state index contributed by atoms with van der Waals surface area (Å²) in [4.78, 5) is 20.4. The number of hydrogen-bond donors (Lipinski definition) is 2. The number of anilines is 2. The van der Waals surface area contributed by atoms with Gasteiger partial charge in [0.05, 0.1) is 0 Å². The third kappa shape index (κ3) is 3.97. The van der Waals surface area contributed by atoms with Crippen LogP contribution in [0, 0.1) is 18.6 Å². The fraction of sp³-hybridized carbons (Fsp3) is 0.267. The smallest absolute Gasteiger partial charge is 0.274 e. The van der Waals surface area contributed by atoms with Crippen LogP contribution in [-0.2, 0) is 0 Å². The average molecular weight is 306 g/mol. The highest BCUT2D eigenvalue weighted by Gasteiger charge is 2.12. The molecule has 0 aliphatic rings. The minimum Gasteiger partial charge on any atom is -0.354 e. The molecule has 0 unspecified atom stereocenters. The molecule has 1 aromatic carbocycles. The number of nitrogens with one attached hydrogen (secondary N) is 2. The molecule has 2 rings (SSSR count). The predicted molar refractivity (Wildman–Crippen MR) is 79.9 cm³/mol. The van der Waals surface area contributed by atoms with Crippen molar-refractivity contribution >= 4 is 17.5 Å². The Morgan fingerprint density at radius 2 is 1.95 bits per heavy atom. The van der Waals surface area contributed by atoms with Crippen molar-refractivity contribution in [1.29, 1.82) is 0 Å². The SMILES string of the molecule is CCCNc1nc(C)cc(C(=O)Nc2ccc(F)c(F)c2)n1. The summed E-state index contributed by atoms with van der Waals surface area (Å²) in [5, 5.41) is 5.47. The molecule has 5 nitrogen and oxygen atoms in total. The van der Waals surface area contributed by atoms with Crippen molar-refractivity contribution in [2.45, 2.75) is 20.3 Å². The van der Waals surface area contributed by atoms with Gasteiger partial charge in [-0.25, -0.2) is 18.7 Å². The summed E-state index contributed by atoms with van der Waals surface area (Å²) in [5.74, 6) is -2.16. The maximum absolute atomic E-state index is 13.1. The molecule has 0 bridgehead atoms. The van der Waals surface area contributed by atoms with Gasteiger partial charge in [0.25, 0.3) is 5.91 Å². The Bertz CT molecular complexity index is 691. The molecule has 1 aromatic heterocycles. The van der Waals surface area contributed by atoms with Gasteiger partial charge in [-0.3, -0.25) is 4.79 Å². The lowest BCUT2D eigenvalue weighted by Crippen LogP contribution is -2.16. The molecule has 1 amide bonds. The first kappa shape index (κ1) is 15.8. The normalized spacial score (nSPS) is 10.4. The van der Waals surface area contributed by atoms with Crippen LogP contribution in [0.1, 0.15) is 29.5 Å². The monoisotopic (exact) mass is 306 g/mol. The van der Waals surface area contributed by atoms with Crippen molar-refractivity contribution in [2.75, 3.05) is 17.2 Å². The zero-order valence-corrected chi connectivity index (χ0v) is 12.3. The number of hydrogen-bond acceptors (Lipinski definition) is 4. The molecule has 0 atom stereocenters. The number of amides is 1. The highest BCUT2D eigenvalue weighted by atomic mass is 19.2. The first-order valence-corrected chi connectivity index (χ1v) is 6.85. The van der Waals surface area contributed by atoms with Crippen molar-refractivity contribution in [2.24, 2.45) is 0 Å². The van der Waals surface area contributed by atoms with Crippen LogP contribution in [0.5, 0.6) is 0 Å². The minimum absolute atomic E-state index is 0.149. The molecule has 0 fully saturated rings. The van der Waals surface area contributed by atoms with Crippen LogP contribution in [-0.4, -0.2) is 22.4 Å². The molecule has 2 N–H and O–H groups in total. The predicted octanol–water partition coefficient (Wildman–Crippen LogP) is 3.14. The molecule has 0 aliphatic heterocycles. The van der Waals surface area contributed by atoms with Crippen molar-refractivity contribution < 1.29 is 13.6 Å². The van der Waals surface area contributed by atoms with E-state index in [1.807, 2.05) is 6.92 Å². The standard InChI is InChI=1S/C15H16F2N4O/c1-3-6-18-15-19-9(2)7-13(21-15)14(22)20-10-4-5-11(16)12(17)8-10/h4-5,7-8H,3,6H2,1-2H3,(H,20,22)(H,18,19,21). The second-order valence-corrected chi connectivity index (χ2v) is 4.73. The molecular formula is C15H16F2N4O. The molecule has 0 saturated carbocycles. The molecule has 116 valence electrons. The van der Waals surface area contributed by atoms with E-state index >= 15 is 0 Å². The topological polar surface area (TPSA) is 66.9 Å². The molecule has 2 aromatic rings. The molecule has 0 saturated heterocycles. The van der Waals surface area contributed by atoms with Crippen LogP contribution in [0.4, 0.5) is 20.4 Å². The van der Waals surface area contributed by atoms with Crippen molar-refractivity contribution in [3.8, 4) is 0 Å². The fourth-order valence-electron chi connectivity index (χ4n) is 1.77. The third-order valence-corrected chi connectivity index (χ3v) is 2.80. The minimum atomic E-state index is -1.03. The van der Waals surface area contributed by atoms with E-state index in [-0.39, 0.29) is 11.4 Å². The lowest BCUT2D eigenvalue weighted by atomic mass is 10.2. The van der Waals surface area contributed by atoms with Crippen molar-refractivity contribution in [3.05, 3.63) is 47.3 Å². The van der Waals surface area contributed by atoms with E-state index in [1.165, 1.54) is 12.1 Å². The summed E-state index contributed by atoms with van der Waals surface area (Å²) in [6.07, 6.45) is 0.897. The van der Waals surface area contributed by atoms with Gasteiger partial charge in [0.2, 0.25) is 5.95 Å². The van der Waals surface area contributed by atoms with Crippen LogP contribution in [0.15, 0.2) is 24.3 Å². The maximum Gasteiger partial charge on any atom is 0.274 e. The van der Waals surface area contributed by atoms with Crippen LogP contribution in [0.3, 0.4) is 0 Å². The largest absolute Gasteiger partial charge is 0.354 e. The Morgan fingerprint density at radius 3 is 2.64 bits per heavy atom. The Kier molecular flexibility index (Phi) is 4.98. The number of nitrogens with zero attached hydrogens (tertiary/aromatic N) is 2. The summed E-state index contributed by atoms with van der Waals surface area (Å²) < 4.78 is 26.0. The van der Waals surface area contributed by atoms with Gasteiger partial charge in [0, 0.05) is 24.0 Å². The number of benzene rings is 1. The van der Waals surface area contributed by atoms with Gasteiger partial charge in [-0.2, -0.15) is 0 Å². The van der Waals surface area contributed by atoms with Gasteiger partial charge in [0.1, 0.15) is 5.69 Å². The highest BCUT2D eigenvalue weighted by molar-refractivity contribution is 6.03. The molecule has 0 spiro atoms. The van der Waals surface area contributed by atoms with Gasteiger partial charge < -0.3 is 10.6 Å². The molecule has 1 heterocycles. The quantitative estimate of drug-likeness (QED) is 0.890. The number of aryl methyl sites for hydroxylation is 1. The number of carbonyl (C=O) groups is 1. The number of carbonyl (C=O) groups excluding carboxylic acids is 1. The third-order valence-electron chi connectivity index (χ3n) is 2.80. The lowest BCUT2D eigenvalue weighted by Gasteiger charge is -2.08. The Balaban J connectivity index is 2.17. The summed E-state index contributed by atoms with van der Waals surface area (Å²) >= 11 is 0. The number of aromatic nitrogens is 2. The Labute approximate surface area is 126 Å². The van der Waals surface area contributed by atoms with E-state index in [2.05, 4.69) is 20.6 Å². The first-order valence-electron chi connectivity index (χ1n) is 6.85. The van der Waals surface area contributed by atoms with E-state index in [0.29, 0.717) is 18.2 Å². The number of halogens is 2. The summed E-state index contributed by atoms with van der Waals surface area (Å²) in [5.41, 5.74) is 0.933. The van der Waals surface area contributed by atoms with E-state index < -0.39 is 17.5 Å². The molecular weight excluding hydrogens is 290 g/mol. The van der Waals surface area contributed by atoms with E-state index in [9.17, 15) is 13.6 Å². The zero-order chi connectivity index (χ0) is 16.1. The second-order valence-electron chi connectivity index (χ2n) is 4.73. The average Bonchev–Trinajstić information content (AvgIpc) is 2.48. The van der Waals surface area contributed by atoms with Gasteiger partial charge in [-0.15, -0.1) is 0 Å². The van der Waals surface area contributed by atoms with E-state index in [0.717, 1.165) is 18.6 Å². The molecule has 0 radical (unpaired) electrons. The van der Waals surface area contributed by atoms with Crippen molar-refractivity contribution in [3.63, 3.8) is 0 Å². The highest BCUT2D eigenvalue weighted by Crippen LogP contribution is 2.14. The van der Waals surface area contributed by atoms with Crippen LogP contribution in [0.25, 0.3) is 0 Å². The van der Waals surface area contributed by atoms with Gasteiger partial charge in [0.15, 0.2) is 11.6 Å². The van der Waals surface area contributed by atoms with Crippen LogP contribution in [0.2, 0.25) is 0 Å². The zero-order valence-electron chi connectivity index (χ0n) is 12.3. The number of rotatable bonds is 5. The molecule has 0 aliphatic carbocycles. The van der Waals surface area contributed by atoms with E-state index in [1.54, 1.807) is 6.92 Å². The van der Waals surface area contributed by atoms with Gasteiger partial charge in [-0.1, -0.05) is 6.92 Å². The Morgan fingerprint density at radius 1 is 1.18 bits per heavy atom. The first-order chi connectivity index (χ1) is 10.5. The van der Waals surface area contributed by atoms with Crippen LogP contribution < -0.4 is 10.6 Å². The van der Waals surface area contributed by atoms with Crippen molar-refractivity contribution in [1.82, 2.24) is 9.97 Å². The molecule has 22 heavy (non-hydrogen) atoms. The van der Waals surface area contributed by atoms with E-state index in [4.69, 9.17) is 0 Å². The second kappa shape index (κ2) is 6.93.